The van der Waals surface area contributed by atoms with Gasteiger partial charge in [-0.15, -0.1) is 0 Å². The number of amides is 1. The number of hydrogen-bond acceptors (Lipinski definition) is 5. The van der Waals surface area contributed by atoms with Gasteiger partial charge in [-0.2, -0.15) is 0 Å². The van der Waals surface area contributed by atoms with Gasteiger partial charge in [-0.3, -0.25) is 18.9 Å². The monoisotopic (exact) mass is 515 g/mol. The molecule has 0 aliphatic rings. The van der Waals surface area contributed by atoms with E-state index in [4.69, 9.17) is 11.6 Å². The van der Waals surface area contributed by atoms with Crippen LogP contribution in [0.2, 0.25) is 5.02 Å². The van der Waals surface area contributed by atoms with Crippen LogP contribution in [0.3, 0.4) is 0 Å². The Morgan fingerprint density at radius 1 is 1.00 bits per heavy atom. The van der Waals surface area contributed by atoms with Crippen LogP contribution in [0.25, 0.3) is 10.2 Å². The average molecular weight is 516 g/mol. The molecule has 0 spiro atoms. The Bertz CT molecular complexity index is 1590. The highest BCUT2D eigenvalue weighted by Crippen LogP contribution is 2.27. The van der Waals surface area contributed by atoms with Crippen molar-refractivity contribution in [1.29, 1.82) is 0 Å². The Hall–Kier alpha value is -3.14. The van der Waals surface area contributed by atoms with Gasteiger partial charge in [0.25, 0.3) is 15.9 Å². The molecule has 10 heteroatoms. The number of thiazole rings is 1. The van der Waals surface area contributed by atoms with Crippen molar-refractivity contribution in [3.63, 3.8) is 0 Å². The quantitative estimate of drug-likeness (QED) is 0.359. The van der Waals surface area contributed by atoms with Gasteiger partial charge in [-0.1, -0.05) is 29.0 Å². The van der Waals surface area contributed by atoms with E-state index in [1.54, 1.807) is 34.9 Å². The maximum atomic E-state index is 13.0. The molecule has 0 saturated heterocycles. The Kier molecular flexibility index (Phi) is 6.53. The summed E-state index contributed by atoms with van der Waals surface area (Å²) in [5.41, 5.74) is 3.80. The highest BCUT2D eigenvalue weighted by atomic mass is 35.5. The maximum Gasteiger partial charge on any atom is 0.308 e. The number of fused-ring (bicyclic) bond motifs is 1. The van der Waals surface area contributed by atoms with Crippen molar-refractivity contribution >= 4 is 60.5 Å². The van der Waals surface area contributed by atoms with Crippen LogP contribution < -0.4 is 14.9 Å². The van der Waals surface area contributed by atoms with Crippen LogP contribution in [0.4, 0.5) is 11.4 Å². The van der Waals surface area contributed by atoms with Gasteiger partial charge in [0.05, 0.1) is 15.2 Å². The fourth-order valence-corrected chi connectivity index (χ4v) is 6.08. The summed E-state index contributed by atoms with van der Waals surface area (Å²) in [7, 11) is -4.03. The molecule has 0 atom stereocenters. The summed E-state index contributed by atoms with van der Waals surface area (Å²) in [5, 5.41) is 2.76. The van der Waals surface area contributed by atoms with Gasteiger partial charge >= 0.3 is 4.87 Å². The minimum Gasteiger partial charge on any atom is -0.322 e. The molecule has 0 radical (unpaired) electrons. The van der Waals surface area contributed by atoms with Crippen LogP contribution in [0.15, 0.2) is 64.3 Å². The first-order valence-electron chi connectivity index (χ1n) is 10.4. The predicted octanol–water partition coefficient (Wildman–Crippen LogP) is 5.41. The van der Waals surface area contributed by atoms with Crippen molar-refractivity contribution < 1.29 is 13.2 Å². The molecule has 2 N–H and O–H groups in total. The van der Waals surface area contributed by atoms with Gasteiger partial charge in [-0.25, -0.2) is 8.42 Å². The lowest BCUT2D eigenvalue weighted by molar-refractivity contribution is 0.102. The van der Waals surface area contributed by atoms with Crippen molar-refractivity contribution in [2.75, 3.05) is 10.0 Å². The number of anilines is 2. The highest BCUT2D eigenvalue weighted by Gasteiger charge is 2.21. The van der Waals surface area contributed by atoms with E-state index in [1.807, 2.05) is 26.8 Å². The first-order chi connectivity index (χ1) is 16.1. The summed E-state index contributed by atoms with van der Waals surface area (Å²) in [5.74, 6) is -0.499. The third-order valence-electron chi connectivity index (χ3n) is 5.48. The molecule has 4 aromatic rings. The van der Waals surface area contributed by atoms with Gasteiger partial charge in [0, 0.05) is 23.5 Å². The zero-order chi connectivity index (χ0) is 24.6. The van der Waals surface area contributed by atoms with Crippen LogP contribution in [0.5, 0.6) is 0 Å². The second kappa shape index (κ2) is 9.25. The molecule has 1 amide bonds. The van der Waals surface area contributed by atoms with Gasteiger partial charge in [0.1, 0.15) is 4.90 Å². The third-order valence-corrected chi connectivity index (χ3v) is 8.29. The van der Waals surface area contributed by atoms with Crippen molar-refractivity contribution in [2.45, 2.75) is 32.2 Å². The summed E-state index contributed by atoms with van der Waals surface area (Å²) in [4.78, 5) is 24.7. The summed E-state index contributed by atoms with van der Waals surface area (Å²) in [6.07, 6.45) is 0. The number of rotatable bonds is 6. The Labute approximate surface area is 206 Å². The number of aromatic nitrogens is 1. The lowest BCUT2D eigenvalue weighted by Gasteiger charge is -2.12. The molecule has 4 rings (SSSR count). The largest absolute Gasteiger partial charge is 0.322 e. The van der Waals surface area contributed by atoms with Gasteiger partial charge in [-0.05, 0) is 80.4 Å². The van der Waals surface area contributed by atoms with Gasteiger partial charge in [0.2, 0.25) is 0 Å². The lowest BCUT2D eigenvalue weighted by Crippen LogP contribution is -2.16. The fourth-order valence-electron chi connectivity index (χ4n) is 3.51. The molecular formula is C24H22ClN3O4S2. The van der Waals surface area contributed by atoms with E-state index < -0.39 is 15.9 Å². The van der Waals surface area contributed by atoms with E-state index in [1.165, 1.54) is 18.2 Å². The number of aryl methyl sites for hydroxylation is 3. The van der Waals surface area contributed by atoms with Crippen LogP contribution in [-0.4, -0.2) is 18.9 Å². The molecule has 1 aromatic heterocycles. The number of sulfonamides is 1. The van der Waals surface area contributed by atoms with Crippen LogP contribution >= 0.6 is 22.9 Å². The summed E-state index contributed by atoms with van der Waals surface area (Å²) < 4.78 is 30.9. The summed E-state index contributed by atoms with van der Waals surface area (Å²) in [6, 6.07) is 14.5. The van der Waals surface area contributed by atoms with Crippen molar-refractivity contribution in [3.8, 4) is 0 Å². The Morgan fingerprint density at radius 2 is 1.74 bits per heavy atom. The molecule has 0 bridgehead atoms. The molecule has 0 fully saturated rings. The number of benzene rings is 3. The number of carbonyl (C=O) groups is 1. The van der Waals surface area contributed by atoms with Crippen molar-refractivity contribution in [1.82, 2.24) is 4.57 Å². The minimum atomic E-state index is -4.03. The zero-order valence-corrected chi connectivity index (χ0v) is 21.1. The van der Waals surface area contributed by atoms with Crippen molar-refractivity contribution in [3.05, 3.63) is 86.0 Å². The minimum absolute atomic E-state index is 0.0000150. The fraction of sp³-hybridized carbons (Fsp3) is 0.167. The number of carbonyl (C=O) groups excluding carboxylic acids is 1. The highest BCUT2D eigenvalue weighted by molar-refractivity contribution is 7.92. The van der Waals surface area contributed by atoms with Crippen LogP contribution in [0.1, 0.15) is 28.4 Å². The second-order valence-electron chi connectivity index (χ2n) is 7.80. The molecule has 0 aliphatic heterocycles. The Morgan fingerprint density at radius 3 is 2.44 bits per heavy atom. The molecular weight excluding hydrogens is 494 g/mol. The summed E-state index contributed by atoms with van der Waals surface area (Å²) in [6.45, 7) is 6.27. The predicted molar refractivity (Wildman–Crippen MR) is 138 cm³/mol. The smallest absolute Gasteiger partial charge is 0.308 e. The number of halogens is 1. The van der Waals surface area contributed by atoms with E-state index >= 15 is 0 Å². The Balaban J connectivity index is 1.60. The van der Waals surface area contributed by atoms with Crippen LogP contribution in [0, 0.1) is 13.8 Å². The standard InChI is InChI=1S/C24H22ClN3O4S2/c1-4-28-20-10-8-17(13-21(20)33-24(28)30)26-23(29)16-6-9-19(25)22(12-16)34(31,32)27-18-7-5-14(2)15(3)11-18/h5-13,27H,4H2,1-3H3,(H,26,29). The molecule has 0 unspecified atom stereocenters. The molecule has 0 saturated carbocycles. The molecule has 34 heavy (non-hydrogen) atoms. The molecule has 3 aromatic carbocycles. The van der Waals surface area contributed by atoms with Crippen molar-refractivity contribution in [2.24, 2.45) is 0 Å². The van der Waals surface area contributed by atoms with E-state index in [2.05, 4.69) is 10.0 Å². The van der Waals surface area contributed by atoms with E-state index in [9.17, 15) is 18.0 Å². The zero-order valence-electron chi connectivity index (χ0n) is 18.7. The second-order valence-corrected chi connectivity index (χ2v) is 10.8. The molecule has 7 nitrogen and oxygen atoms in total. The van der Waals surface area contributed by atoms with Crippen LogP contribution in [-0.2, 0) is 16.6 Å². The summed E-state index contributed by atoms with van der Waals surface area (Å²) >= 11 is 7.29. The third kappa shape index (κ3) is 4.72. The van der Waals surface area contributed by atoms with E-state index in [-0.39, 0.29) is 20.4 Å². The molecule has 1 heterocycles. The van der Waals surface area contributed by atoms with Gasteiger partial charge in [0.15, 0.2) is 0 Å². The average Bonchev–Trinajstić information content (AvgIpc) is 3.10. The first-order valence-corrected chi connectivity index (χ1v) is 13.1. The first kappa shape index (κ1) is 24.0. The topological polar surface area (TPSA) is 97.3 Å². The van der Waals surface area contributed by atoms with E-state index in [0.717, 1.165) is 32.7 Å². The number of hydrogen-bond donors (Lipinski definition) is 2. The molecule has 0 aliphatic carbocycles. The number of nitrogens with one attached hydrogen (secondary N) is 2. The normalized spacial score (nSPS) is 11.5. The maximum absolute atomic E-state index is 13.0. The number of nitrogens with zero attached hydrogens (tertiary/aromatic N) is 1. The SMILES string of the molecule is CCn1c(=O)sc2cc(NC(=O)c3ccc(Cl)c(S(=O)(=O)Nc4ccc(C)c(C)c4)c3)ccc21. The molecule has 176 valence electrons. The van der Waals surface area contributed by atoms with E-state index in [0.29, 0.717) is 17.9 Å². The van der Waals surface area contributed by atoms with Gasteiger partial charge < -0.3 is 5.32 Å². The lowest BCUT2D eigenvalue weighted by atomic mass is 10.1.